The van der Waals surface area contributed by atoms with Gasteiger partial charge in [0.1, 0.15) is 17.8 Å². The van der Waals surface area contributed by atoms with Crippen LogP contribution in [-0.4, -0.2) is 55.7 Å². The van der Waals surface area contributed by atoms with Crippen LogP contribution in [0.15, 0.2) is 49.1 Å². The second kappa shape index (κ2) is 8.25. The van der Waals surface area contributed by atoms with Gasteiger partial charge in [0, 0.05) is 50.6 Å². The second-order valence-corrected chi connectivity index (χ2v) is 7.47. The molecule has 4 heterocycles. The van der Waals surface area contributed by atoms with E-state index in [9.17, 15) is 0 Å². The number of hydrogen-bond donors (Lipinski definition) is 0. The van der Waals surface area contributed by atoms with E-state index >= 15 is 4.39 Å². The topological polar surface area (TPSA) is 75.3 Å². The first-order valence-electron chi connectivity index (χ1n) is 10.5. The van der Waals surface area contributed by atoms with Crippen LogP contribution in [0.2, 0.25) is 0 Å². The smallest absolute Gasteiger partial charge is 0.203 e. The van der Waals surface area contributed by atoms with Crippen molar-refractivity contribution in [2.75, 3.05) is 36.0 Å². The van der Waals surface area contributed by atoms with E-state index in [2.05, 4.69) is 37.0 Å². The Bertz CT molecular complexity index is 1190. The summed E-state index contributed by atoms with van der Waals surface area (Å²) in [6.07, 6.45) is 6.76. The zero-order valence-corrected chi connectivity index (χ0v) is 17.3. The monoisotopic (exact) mass is 418 g/mol. The molecule has 0 N–H and O–H groups in total. The van der Waals surface area contributed by atoms with Crippen molar-refractivity contribution in [1.29, 1.82) is 0 Å². The van der Waals surface area contributed by atoms with Gasteiger partial charge in [-0.1, -0.05) is 37.3 Å². The lowest BCUT2D eigenvalue weighted by atomic mass is 10.1. The fourth-order valence-corrected chi connectivity index (χ4v) is 4.04. The lowest BCUT2D eigenvalue weighted by Gasteiger charge is -2.24. The molecule has 0 atom stereocenters. The van der Waals surface area contributed by atoms with E-state index in [1.807, 2.05) is 45.8 Å². The van der Waals surface area contributed by atoms with Gasteiger partial charge >= 0.3 is 0 Å². The number of rotatable bonds is 4. The third-order valence-electron chi connectivity index (χ3n) is 5.61. The summed E-state index contributed by atoms with van der Waals surface area (Å²) in [6.45, 7) is 4.87. The average molecular weight is 418 g/mol. The quantitative estimate of drug-likeness (QED) is 0.504. The lowest BCUT2D eigenvalue weighted by Crippen LogP contribution is -2.32. The zero-order chi connectivity index (χ0) is 21.2. The Morgan fingerprint density at radius 1 is 0.903 bits per heavy atom. The van der Waals surface area contributed by atoms with Crippen molar-refractivity contribution in [1.82, 2.24) is 29.5 Å². The maximum Gasteiger partial charge on any atom is 0.203 e. The molecule has 1 aliphatic heterocycles. The maximum atomic E-state index is 15.3. The fraction of sp³-hybridized carbons (Fsp3) is 0.318. The van der Waals surface area contributed by atoms with Crippen LogP contribution in [-0.2, 0) is 6.42 Å². The molecule has 0 amide bonds. The van der Waals surface area contributed by atoms with Crippen LogP contribution in [0.3, 0.4) is 0 Å². The Labute approximate surface area is 179 Å². The minimum absolute atomic E-state index is 0.327. The highest BCUT2D eigenvalue weighted by molar-refractivity contribution is 5.65. The summed E-state index contributed by atoms with van der Waals surface area (Å²) >= 11 is 0. The summed E-state index contributed by atoms with van der Waals surface area (Å²) in [6, 6.07) is 9.37. The van der Waals surface area contributed by atoms with E-state index in [1.165, 1.54) is 6.33 Å². The molecule has 1 aliphatic rings. The number of hydrogen-bond acceptors (Lipinski definition) is 7. The van der Waals surface area contributed by atoms with Gasteiger partial charge in [-0.3, -0.25) is 4.40 Å². The minimum Gasteiger partial charge on any atom is -0.352 e. The highest BCUT2D eigenvalue weighted by Crippen LogP contribution is 2.27. The Morgan fingerprint density at radius 2 is 1.68 bits per heavy atom. The molecule has 1 saturated heterocycles. The molecule has 31 heavy (non-hydrogen) atoms. The number of anilines is 2. The highest BCUT2D eigenvalue weighted by Gasteiger charge is 2.23. The van der Waals surface area contributed by atoms with E-state index in [0.29, 0.717) is 31.1 Å². The predicted molar refractivity (Wildman–Crippen MR) is 117 cm³/mol. The van der Waals surface area contributed by atoms with Crippen molar-refractivity contribution < 1.29 is 4.39 Å². The summed E-state index contributed by atoms with van der Waals surface area (Å²) in [5.74, 6) is 1.68. The molecule has 0 unspecified atom stereocenters. The third kappa shape index (κ3) is 3.56. The van der Waals surface area contributed by atoms with Crippen molar-refractivity contribution in [3.05, 3.63) is 60.7 Å². The Hall–Kier alpha value is -3.62. The molecule has 9 heteroatoms. The first-order valence-corrected chi connectivity index (χ1v) is 10.5. The van der Waals surface area contributed by atoms with Gasteiger partial charge in [-0.25, -0.2) is 19.3 Å². The molecule has 1 aromatic carbocycles. The Kier molecular flexibility index (Phi) is 5.15. The van der Waals surface area contributed by atoms with Crippen molar-refractivity contribution in [3.63, 3.8) is 0 Å². The molecular formula is C22H23FN8. The fourth-order valence-electron chi connectivity index (χ4n) is 4.04. The standard InChI is InChI=1S/C22H23FN8/c1-2-17-27-28-22-21(24-9-12-31(17)22)30-11-6-10-29(13-14-30)20-18(23)19(25-15-26-20)16-7-4-3-5-8-16/h3-5,7-9,12,15H,2,6,10-11,13-14H2,1H3. The first kappa shape index (κ1) is 19.3. The van der Waals surface area contributed by atoms with Gasteiger partial charge in [0.2, 0.25) is 5.65 Å². The second-order valence-electron chi connectivity index (χ2n) is 7.47. The van der Waals surface area contributed by atoms with Gasteiger partial charge in [-0.05, 0) is 6.42 Å². The van der Waals surface area contributed by atoms with Gasteiger partial charge in [-0.2, -0.15) is 0 Å². The number of aryl methyl sites for hydroxylation is 1. The molecule has 5 rings (SSSR count). The molecular weight excluding hydrogens is 395 g/mol. The molecule has 3 aromatic heterocycles. The first-order chi connectivity index (χ1) is 15.3. The number of nitrogens with zero attached hydrogens (tertiary/aromatic N) is 8. The molecule has 4 aromatic rings. The molecule has 0 spiro atoms. The van der Waals surface area contributed by atoms with Crippen molar-refractivity contribution >= 4 is 17.3 Å². The number of fused-ring (bicyclic) bond motifs is 1. The van der Waals surface area contributed by atoms with Crippen molar-refractivity contribution in [2.45, 2.75) is 19.8 Å². The predicted octanol–water partition coefficient (Wildman–Crippen LogP) is 3.00. The van der Waals surface area contributed by atoms with E-state index in [0.717, 1.165) is 42.2 Å². The van der Waals surface area contributed by atoms with Crippen LogP contribution in [0.4, 0.5) is 16.0 Å². The van der Waals surface area contributed by atoms with E-state index in [4.69, 9.17) is 0 Å². The minimum atomic E-state index is -0.382. The van der Waals surface area contributed by atoms with E-state index in [-0.39, 0.29) is 5.82 Å². The maximum absolute atomic E-state index is 15.3. The molecule has 8 nitrogen and oxygen atoms in total. The molecule has 0 bridgehead atoms. The molecule has 0 saturated carbocycles. The highest BCUT2D eigenvalue weighted by atomic mass is 19.1. The number of halogens is 1. The lowest BCUT2D eigenvalue weighted by molar-refractivity contribution is 0.606. The summed E-state index contributed by atoms with van der Waals surface area (Å²) in [7, 11) is 0. The third-order valence-corrected chi connectivity index (χ3v) is 5.61. The molecule has 1 fully saturated rings. The van der Waals surface area contributed by atoms with Crippen LogP contribution < -0.4 is 9.80 Å². The van der Waals surface area contributed by atoms with Crippen LogP contribution in [0, 0.1) is 5.82 Å². The average Bonchev–Trinajstić information content (AvgIpc) is 3.09. The number of aromatic nitrogens is 6. The van der Waals surface area contributed by atoms with Gasteiger partial charge < -0.3 is 9.80 Å². The summed E-state index contributed by atoms with van der Waals surface area (Å²) in [5.41, 5.74) is 1.83. The van der Waals surface area contributed by atoms with Crippen LogP contribution in [0.1, 0.15) is 19.2 Å². The SMILES string of the molecule is CCc1nnc2c(N3CCCN(c4ncnc(-c5ccccc5)c4F)CC3)nccn12. The van der Waals surface area contributed by atoms with Gasteiger partial charge in [-0.15, -0.1) is 10.2 Å². The normalized spacial score (nSPS) is 14.8. The van der Waals surface area contributed by atoms with Crippen molar-refractivity contribution in [3.8, 4) is 11.3 Å². The number of benzene rings is 1. The molecule has 0 radical (unpaired) electrons. The van der Waals surface area contributed by atoms with Gasteiger partial charge in [0.05, 0.1) is 0 Å². The summed E-state index contributed by atoms with van der Waals surface area (Å²) < 4.78 is 17.3. The summed E-state index contributed by atoms with van der Waals surface area (Å²) in [5, 5.41) is 8.62. The molecule has 158 valence electrons. The van der Waals surface area contributed by atoms with Gasteiger partial charge in [0.15, 0.2) is 17.5 Å². The van der Waals surface area contributed by atoms with Crippen molar-refractivity contribution in [2.24, 2.45) is 0 Å². The molecule has 0 aliphatic carbocycles. The van der Waals surface area contributed by atoms with E-state index in [1.54, 1.807) is 6.20 Å². The Balaban J connectivity index is 1.41. The largest absolute Gasteiger partial charge is 0.352 e. The van der Waals surface area contributed by atoms with Crippen LogP contribution in [0.5, 0.6) is 0 Å². The van der Waals surface area contributed by atoms with Crippen LogP contribution in [0.25, 0.3) is 16.9 Å². The zero-order valence-electron chi connectivity index (χ0n) is 17.3. The Morgan fingerprint density at radius 3 is 2.45 bits per heavy atom. The van der Waals surface area contributed by atoms with E-state index < -0.39 is 0 Å². The van der Waals surface area contributed by atoms with Gasteiger partial charge in [0.25, 0.3) is 0 Å². The summed E-state index contributed by atoms with van der Waals surface area (Å²) in [4.78, 5) is 17.2. The van der Waals surface area contributed by atoms with Crippen LogP contribution >= 0.6 is 0 Å².